The molecule has 0 aromatic heterocycles. The summed E-state index contributed by atoms with van der Waals surface area (Å²) in [6.07, 6.45) is 2.14. The van der Waals surface area contributed by atoms with Gasteiger partial charge in [0, 0.05) is 0 Å². The van der Waals surface area contributed by atoms with Crippen molar-refractivity contribution < 1.29 is 0 Å². The van der Waals surface area contributed by atoms with E-state index < -0.39 is 0 Å². The molecule has 0 amide bonds. The number of aryl methyl sites for hydroxylation is 2. The second kappa shape index (κ2) is 4.45. The van der Waals surface area contributed by atoms with Crippen LogP contribution in [0.4, 0.5) is 0 Å². The summed E-state index contributed by atoms with van der Waals surface area (Å²) >= 11 is 0. The number of hydrogen-bond acceptors (Lipinski definition) is 1. The van der Waals surface area contributed by atoms with Gasteiger partial charge >= 0.3 is 0 Å². The van der Waals surface area contributed by atoms with Crippen molar-refractivity contribution in [3.63, 3.8) is 0 Å². The molecule has 0 spiro atoms. The average molecular weight is 199 g/mol. The van der Waals surface area contributed by atoms with Crippen LogP contribution in [-0.4, -0.2) is 6.54 Å². The molecule has 0 saturated carbocycles. The Morgan fingerprint density at radius 3 is 2.53 bits per heavy atom. The van der Waals surface area contributed by atoms with Crippen LogP contribution in [0.5, 0.6) is 0 Å². The van der Waals surface area contributed by atoms with Crippen LogP contribution in [0.1, 0.15) is 17.5 Å². The monoisotopic (exact) mass is 199 g/mol. The van der Waals surface area contributed by atoms with E-state index in [9.17, 15) is 0 Å². The van der Waals surface area contributed by atoms with E-state index in [0.29, 0.717) is 0 Å². The van der Waals surface area contributed by atoms with Gasteiger partial charge in [0.25, 0.3) is 0 Å². The predicted octanol–water partition coefficient (Wildman–Crippen LogP) is 3.04. The van der Waals surface area contributed by atoms with Crippen LogP contribution in [0.3, 0.4) is 0 Å². The first-order chi connectivity index (χ1) is 7.33. The molecule has 0 aliphatic rings. The molecule has 0 radical (unpaired) electrons. The normalized spacial score (nSPS) is 10.8. The zero-order chi connectivity index (χ0) is 10.7. The fourth-order valence-electron chi connectivity index (χ4n) is 2.04. The van der Waals surface area contributed by atoms with E-state index in [2.05, 4.69) is 43.3 Å². The highest BCUT2D eigenvalue weighted by Gasteiger charge is 2.01. The first-order valence-corrected chi connectivity index (χ1v) is 5.50. The largest absolute Gasteiger partial charge is 0.330 e. The van der Waals surface area contributed by atoms with Crippen molar-refractivity contribution >= 4 is 10.8 Å². The van der Waals surface area contributed by atoms with Gasteiger partial charge in [-0.25, -0.2) is 0 Å². The van der Waals surface area contributed by atoms with Gasteiger partial charge < -0.3 is 5.73 Å². The molecule has 2 N–H and O–H groups in total. The van der Waals surface area contributed by atoms with Gasteiger partial charge in [-0.3, -0.25) is 0 Å². The number of hydrogen-bond donors (Lipinski definition) is 1. The van der Waals surface area contributed by atoms with E-state index in [1.165, 1.54) is 21.9 Å². The molecule has 2 aromatic carbocycles. The third-order valence-electron chi connectivity index (χ3n) is 2.88. The van der Waals surface area contributed by atoms with Gasteiger partial charge in [0.05, 0.1) is 0 Å². The van der Waals surface area contributed by atoms with Crippen molar-refractivity contribution in [2.45, 2.75) is 19.8 Å². The molecule has 0 unspecified atom stereocenters. The van der Waals surface area contributed by atoms with Crippen molar-refractivity contribution in [3.05, 3.63) is 47.5 Å². The molecule has 2 rings (SSSR count). The van der Waals surface area contributed by atoms with Crippen LogP contribution in [0, 0.1) is 6.92 Å². The SMILES string of the molecule is Cc1cccc2c(CCCN)cccc12. The number of rotatable bonds is 3. The first kappa shape index (κ1) is 10.2. The van der Waals surface area contributed by atoms with Crippen LogP contribution in [0.25, 0.3) is 10.8 Å². The molecule has 0 atom stereocenters. The highest BCUT2D eigenvalue weighted by molar-refractivity contribution is 5.88. The molecule has 78 valence electrons. The summed E-state index contributed by atoms with van der Waals surface area (Å²) in [5.74, 6) is 0. The first-order valence-electron chi connectivity index (χ1n) is 5.50. The molecule has 0 saturated heterocycles. The van der Waals surface area contributed by atoms with E-state index in [-0.39, 0.29) is 0 Å². The zero-order valence-corrected chi connectivity index (χ0v) is 9.16. The van der Waals surface area contributed by atoms with Crippen molar-refractivity contribution in [2.75, 3.05) is 6.54 Å². The summed E-state index contributed by atoms with van der Waals surface area (Å²) in [5, 5.41) is 2.75. The Kier molecular flexibility index (Phi) is 3.02. The molecule has 1 heteroatoms. The van der Waals surface area contributed by atoms with Gasteiger partial charge in [-0.05, 0) is 48.2 Å². The molecule has 0 fully saturated rings. The predicted molar refractivity (Wildman–Crippen MR) is 66.1 cm³/mol. The highest BCUT2D eigenvalue weighted by Crippen LogP contribution is 2.22. The van der Waals surface area contributed by atoms with Crippen molar-refractivity contribution in [3.8, 4) is 0 Å². The summed E-state index contributed by atoms with van der Waals surface area (Å²) in [7, 11) is 0. The standard InChI is InChI=1S/C14H17N/c1-11-5-2-9-14-12(7-4-10-15)6-3-8-13(11)14/h2-3,5-6,8-9H,4,7,10,15H2,1H3. The van der Waals surface area contributed by atoms with Crippen LogP contribution in [0.15, 0.2) is 36.4 Å². The van der Waals surface area contributed by atoms with Crippen molar-refractivity contribution in [2.24, 2.45) is 5.73 Å². The summed E-state index contributed by atoms with van der Waals surface area (Å²) in [5.41, 5.74) is 8.32. The van der Waals surface area contributed by atoms with Gasteiger partial charge in [0.2, 0.25) is 0 Å². The Morgan fingerprint density at radius 1 is 1.00 bits per heavy atom. The summed E-state index contributed by atoms with van der Waals surface area (Å²) in [6.45, 7) is 2.93. The van der Waals surface area contributed by atoms with Gasteiger partial charge in [-0.1, -0.05) is 36.4 Å². The number of benzene rings is 2. The Labute approximate surface area is 90.9 Å². The van der Waals surface area contributed by atoms with Crippen molar-refractivity contribution in [1.82, 2.24) is 0 Å². The molecule has 0 aliphatic carbocycles. The van der Waals surface area contributed by atoms with E-state index in [1.807, 2.05) is 0 Å². The third kappa shape index (κ3) is 2.02. The van der Waals surface area contributed by atoms with Crippen molar-refractivity contribution in [1.29, 1.82) is 0 Å². The summed E-state index contributed by atoms with van der Waals surface area (Å²) in [4.78, 5) is 0. The van der Waals surface area contributed by atoms with Crippen LogP contribution in [-0.2, 0) is 6.42 Å². The van der Waals surface area contributed by atoms with Crippen LogP contribution >= 0.6 is 0 Å². The molecule has 0 bridgehead atoms. The molecule has 2 aromatic rings. The third-order valence-corrected chi connectivity index (χ3v) is 2.88. The smallest absolute Gasteiger partial charge is 0.00741 e. The minimum Gasteiger partial charge on any atom is -0.330 e. The molecular formula is C14H17N. The molecule has 15 heavy (non-hydrogen) atoms. The quantitative estimate of drug-likeness (QED) is 0.807. The maximum atomic E-state index is 5.55. The fraction of sp³-hybridized carbons (Fsp3) is 0.286. The zero-order valence-electron chi connectivity index (χ0n) is 9.16. The Hall–Kier alpha value is -1.34. The molecule has 1 nitrogen and oxygen atoms in total. The minimum absolute atomic E-state index is 0.766. The maximum absolute atomic E-state index is 5.55. The number of nitrogens with two attached hydrogens (primary N) is 1. The van der Waals surface area contributed by atoms with Crippen LogP contribution < -0.4 is 5.73 Å². The second-order valence-corrected chi connectivity index (χ2v) is 3.98. The van der Waals surface area contributed by atoms with Gasteiger partial charge in [-0.15, -0.1) is 0 Å². The van der Waals surface area contributed by atoms with Gasteiger partial charge in [0.15, 0.2) is 0 Å². The van der Waals surface area contributed by atoms with Crippen LogP contribution in [0.2, 0.25) is 0 Å². The topological polar surface area (TPSA) is 26.0 Å². The molecule has 0 aliphatic heterocycles. The molecular weight excluding hydrogens is 182 g/mol. The van der Waals surface area contributed by atoms with E-state index >= 15 is 0 Å². The van der Waals surface area contributed by atoms with Gasteiger partial charge in [0.1, 0.15) is 0 Å². The van der Waals surface area contributed by atoms with E-state index in [0.717, 1.165) is 19.4 Å². The lowest BCUT2D eigenvalue weighted by molar-refractivity contribution is 0.837. The lowest BCUT2D eigenvalue weighted by Crippen LogP contribution is -2.00. The van der Waals surface area contributed by atoms with Gasteiger partial charge in [-0.2, -0.15) is 0 Å². The van der Waals surface area contributed by atoms with E-state index in [4.69, 9.17) is 5.73 Å². The minimum atomic E-state index is 0.766. The Bertz CT molecular complexity index is 460. The Balaban J connectivity index is 2.51. The second-order valence-electron chi connectivity index (χ2n) is 3.98. The fourth-order valence-corrected chi connectivity index (χ4v) is 2.04. The summed E-state index contributed by atoms with van der Waals surface area (Å²) < 4.78 is 0. The average Bonchev–Trinajstić information content (AvgIpc) is 2.27. The lowest BCUT2D eigenvalue weighted by Gasteiger charge is -2.07. The Morgan fingerprint density at radius 2 is 1.73 bits per heavy atom. The summed E-state index contributed by atoms with van der Waals surface area (Å²) in [6, 6.07) is 13.0. The van der Waals surface area contributed by atoms with E-state index in [1.54, 1.807) is 0 Å². The lowest BCUT2D eigenvalue weighted by atomic mass is 9.98. The highest BCUT2D eigenvalue weighted by atomic mass is 14.5. The molecule has 0 heterocycles. The maximum Gasteiger partial charge on any atom is -0.00741 e. The number of fused-ring (bicyclic) bond motifs is 1.